The number of aliphatic carboxylic acids is 1. The van der Waals surface area contributed by atoms with Gasteiger partial charge in [0.1, 0.15) is 0 Å². The molecule has 1 unspecified atom stereocenters. The lowest BCUT2D eigenvalue weighted by atomic mass is 9.86. The van der Waals surface area contributed by atoms with Crippen LogP contribution in [0.25, 0.3) is 0 Å². The van der Waals surface area contributed by atoms with Crippen molar-refractivity contribution in [2.24, 2.45) is 0 Å². The maximum absolute atomic E-state index is 12.2. The lowest BCUT2D eigenvalue weighted by molar-refractivity contribution is -0.140. The summed E-state index contributed by atoms with van der Waals surface area (Å²) in [7, 11) is 0. The van der Waals surface area contributed by atoms with Gasteiger partial charge in [-0.05, 0) is 37.5 Å². The molecule has 0 radical (unpaired) electrons. The molecule has 1 amide bonds. The van der Waals surface area contributed by atoms with Crippen LogP contribution in [0, 0.1) is 0 Å². The zero-order valence-corrected chi connectivity index (χ0v) is 15.3. The molecule has 1 fully saturated rings. The molecule has 1 heterocycles. The van der Waals surface area contributed by atoms with Crippen LogP contribution in [0.3, 0.4) is 0 Å². The van der Waals surface area contributed by atoms with Crippen molar-refractivity contribution in [2.45, 2.75) is 37.8 Å². The number of halogens is 1. The van der Waals surface area contributed by atoms with Gasteiger partial charge in [0.2, 0.25) is 5.91 Å². The molecular formula is C17H23BrN2O4. The van der Waals surface area contributed by atoms with E-state index in [9.17, 15) is 9.59 Å². The third-order valence-corrected chi connectivity index (χ3v) is 4.84. The first-order valence-corrected chi connectivity index (χ1v) is 8.79. The number of benzene rings is 1. The Labute approximate surface area is 150 Å². The molecule has 0 saturated carbocycles. The number of ether oxygens (including phenoxy) is 1. The summed E-state index contributed by atoms with van der Waals surface area (Å²) in [4.78, 5) is 23.3. The second-order valence-electron chi connectivity index (χ2n) is 6.16. The van der Waals surface area contributed by atoms with E-state index in [4.69, 9.17) is 9.84 Å². The summed E-state index contributed by atoms with van der Waals surface area (Å²) in [6, 6.07) is 7.65. The highest BCUT2D eigenvalue weighted by Gasteiger charge is 2.35. The highest BCUT2D eigenvalue weighted by molar-refractivity contribution is 9.10. The van der Waals surface area contributed by atoms with Crippen molar-refractivity contribution < 1.29 is 19.4 Å². The van der Waals surface area contributed by atoms with Crippen molar-refractivity contribution in [3.05, 3.63) is 34.3 Å². The molecule has 1 saturated heterocycles. The maximum Gasteiger partial charge on any atom is 0.305 e. The second-order valence-corrected chi connectivity index (χ2v) is 7.07. The molecule has 1 aliphatic rings. The molecule has 24 heavy (non-hydrogen) atoms. The van der Waals surface area contributed by atoms with E-state index in [0.717, 1.165) is 10.0 Å². The van der Waals surface area contributed by atoms with Crippen LogP contribution >= 0.6 is 15.9 Å². The fourth-order valence-corrected chi connectivity index (χ4v) is 3.13. The number of nitrogens with one attached hydrogen (secondary N) is 2. The van der Waals surface area contributed by atoms with E-state index in [2.05, 4.69) is 26.6 Å². The SMILES string of the molecule is CC(NC(=O)CNC1(CC(=O)O)CCOCC1)c1ccc(Br)cc1. The number of carboxylic acid groups (broad SMARTS) is 1. The lowest BCUT2D eigenvalue weighted by Gasteiger charge is -2.37. The van der Waals surface area contributed by atoms with Crippen molar-refractivity contribution in [1.29, 1.82) is 0 Å². The van der Waals surface area contributed by atoms with E-state index in [-0.39, 0.29) is 24.9 Å². The number of hydrogen-bond acceptors (Lipinski definition) is 4. The molecule has 7 heteroatoms. The van der Waals surface area contributed by atoms with Gasteiger partial charge >= 0.3 is 5.97 Å². The predicted molar refractivity (Wildman–Crippen MR) is 93.7 cm³/mol. The number of amides is 1. The Hall–Kier alpha value is -1.44. The molecule has 1 atom stereocenters. The lowest BCUT2D eigenvalue weighted by Crippen LogP contribution is -2.53. The summed E-state index contributed by atoms with van der Waals surface area (Å²) in [5.41, 5.74) is 0.445. The first kappa shape index (κ1) is 18.9. The molecule has 3 N–H and O–H groups in total. The van der Waals surface area contributed by atoms with Crippen molar-refractivity contribution in [1.82, 2.24) is 10.6 Å². The van der Waals surface area contributed by atoms with Gasteiger partial charge in [-0.2, -0.15) is 0 Å². The van der Waals surface area contributed by atoms with E-state index < -0.39 is 11.5 Å². The van der Waals surface area contributed by atoms with Crippen LogP contribution in [0.2, 0.25) is 0 Å². The van der Waals surface area contributed by atoms with E-state index >= 15 is 0 Å². The third kappa shape index (κ3) is 5.58. The van der Waals surface area contributed by atoms with Gasteiger partial charge < -0.3 is 20.5 Å². The Balaban J connectivity index is 1.88. The van der Waals surface area contributed by atoms with Gasteiger partial charge in [-0.3, -0.25) is 9.59 Å². The molecular weight excluding hydrogens is 376 g/mol. The Morgan fingerprint density at radius 1 is 1.29 bits per heavy atom. The number of carbonyl (C=O) groups is 2. The normalized spacial score (nSPS) is 17.9. The van der Waals surface area contributed by atoms with E-state index in [1.807, 2.05) is 31.2 Å². The molecule has 0 bridgehead atoms. The minimum Gasteiger partial charge on any atom is -0.481 e. The summed E-state index contributed by atoms with van der Waals surface area (Å²) in [6.07, 6.45) is 1.18. The molecule has 0 spiro atoms. The van der Waals surface area contributed by atoms with Gasteiger partial charge in [0.25, 0.3) is 0 Å². The van der Waals surface area contributed by atoms with Gasteiger partial charge in [-0.15, -0.1) is 0 Å². The number of carboxylic acids is 1. The Morgan fingerprint density at radius 3 is 2.50 bits per heavy atom. The Kier molecular flexibility index (Phi) is 6.77. The minimum atomic E-state index is -0.868. The van der Waals surface area contributed by atoms with Crippen molar-refractivity contribution in [3.63, 3.8) is 0 Å². The minimum absolute atomic E-state index is 0.00803. The van der Waals surface area contributed by atoms with E-state index in [1.54, 1.807) is 0 Å². The zero-order valence-electron chi connectivity index (χ0n) is 13.7. The molecule has 1 aromatic carbocycles. The summed E-state index contributed by atoms with van der Waals surface area (Å²) in [6.45, 7) is 3.03. The smallest absolute Gasteiger partial charge is 0.305 e. The first-order chi connectivity index (χ1) is 11.4. The monoisotopic (exact) mass is 398 g/mol. The largest absolute Gasteiger partial charge is 0.481 e. The van der Waals surface area contributed by atoms with Gasteiger partial charge in [-0.1, -0.05) is 28.1 Å². The molecule has 2 rings (SSSR count). The van der Waals surface area contributed by atoms with Crippen molar-refractivity contribution >= 4 is 27.8 Å². The summed E-state index contributed by atoms with van der Waals surface area (Å²) < 4.78 is 6.30. The average molecular weight is 399 g/mol. The molecule has 6 nitrogen and oxygen atoms in total. The van der Waals surface area contributed by atoms with Crippen LogP contribution in [0.1, 0.15) is 37.8 Å². The predicted octanol–water partition coefficient (Wildman–Crippen LogP) is 2.24. The van der Waals surface area contributed by atoms with Crippen molar-refractivity contribution in [2.75, 3.05) is 19.8 Å². The Bertz CT molecular complexity index is 570. The first-order valence-electron chi connectivity index (χ1n) is 8.00. The quantitative estimate of drug-likeness (QED) is 0.655. The molecule has 0 aliphatic carbocycles. The zero-order chi connectivity index (χ0) is 17.6. The molecule has 1 aromatic rings. The van der Waals surface area contributed by atoms with Gasteiger partial charge in [0.05, 0.1) is 19.0 Å². The molecule has 132 valence electrons. The molecule has 1 aliphatic heterocycles. The number of hydrogen-bond donors (Lipinski definition) is 3. The van der Waals surface area contributed by atoms with Gasteiger partial charge in [0, 0.05) is 23.2 Å². The average Bonchev–Trinajstić information content (AvgIpc) is 2.54. The summed E-state index contributed by atoms with van der Waals surface area (Å²) in [5, 5.41) is 15.2. The number of carbonyl (C=O) groups excluding carboxylic acids is 1. The summed E-state index contributed by atoms with van der Waals surface area (Å²) >= 11 is 3.38. The number of rotatable bonds is 7. The standard InChI is InChI=1S/C17H23BrN2O4/c1-12(13-2-4-14(18)5-3-13)20-15(21)11-19-17(10-16(22)23)6-8-24-9-7-17/h2-5,12,19H,6-11H2,1H3,(H,20,21)(H,22,23). The van der Waals surface area contributed by atoms with Crippen LogP contribution in [0.15, 0.2) is 28.7 Å². The second kappa shape index (κ2) is 8.60. The topological polar surface area (TPSA) is 87.7 Å². The summed E-state index contributed by atoms with van der Waals surface area (Å²) in [5.74, 6) is -1.02. The fourth-order valence-electron chi connectivity index (χ4n) is 2.86. The van der Waals surface area contributed by atoms with Gasteiger partial charge in [-0.25, -0.2) is 0 Å². The highest BCUT2D eigenvalue weighted by Crippen LogP contribution is 2.24. The van der Waals surface area contributed by atoms with Gasteiger partial charge in [0.15, 0.2) is 0 Å². The Morgan fingerprint density at radius 2 is 1.92 bits per heavy atom. The van der Waals surface area contributed by atoms with E-state index in [0.29, 0.717) is 26.1 Å². The van der Waals surface area contributed by atoms with E-state index in [1.165, 1.54) is 0 Å². The maximum atomic E-state index is 12.2. The van der Waals surface area contributed by atoms with Crippen LogP contribution in [0.4, 0.5) is 0 Å². The van der Waals surface area contributed by atoms with Crippen LogP contribution in [-0.2, 0) is 14.3 Å². The highest BCUT2D eigenvalue weighted by atomic mass is 79.9. The van der Waals surface area contributed by atoms with Crippen LogP contribution < -0.4 is 10.6 Å². The van der Waals surface area contributed by atoms with Crippen LogP contribution in [0.5, 0.6) is 0 Å². The molecule has 0 aromatic heterocycles. The third-order valence-electron chi connectivity index (χ3n) is 4.31. The van der Waals surface area contributed by atoms with Crippen molar-refractivity contribution in [3.8, 4) is 0 Å². The fraction of sp³-hybridized carbons (Fsp3) is 0.529. The van der Waals surface area contributed by atoms with Crippen LogP contribution in [-0.4, -0.2) is 42.3 Å².